The third kappa shape index (κ3) is 2.36. The van der Waals surface area contributed by atoms with E-state index in [1.807, 2.05) is 13.0 Å². The molecule has 1 aromatic carbocycles. The van der Waals surface area contributed by atoms with Crippen LogP contribution in [0.4, 0.5) is 5.69 Å². The molecule has 3 rings (SSSR count). The van der Waals surface area contributed by atoms with E-state index in [1.54, 1.807) is 0 Å². The molecule has 114 valence electrons. The predicted octanol–water partition coefficient (Wildman–Crippen LogP) is 2.59. The Labute approximate surface area is 127 Å². The standard InChI is InChI=1S/C17H25N3O/c1-13-12-15(7-8-16(13)17(18)21)20(10-3-4-11-20)19-9-5-6-14(19)2/h7-8,12,14H,3-6,9-11H2,1-2H3,(H-,18,21)/p+1/t14-/m0/s1. The van der Waals surface area contributed by atoms with Crippen molar-refractivity contribution in [3.8, 4) is 0 Å². The number of amides is 1. The van der Waals surface area contributed by atoms with Crippen LogP contribution in [-0.4, -0.2) is 36.6 Å². The highest BCUT2D eigenvalue weighted by molar-refractivity contribution is 5.94. The van der Waals surface area contributed by atoms with Crippen LogP contribution in [0.3, 0.4) is 0 Å². The highest BCUT2D eigenvalue weighted by atomic mass is 16.1. The first-order chi connectivity index (χ1) is 10.0. The number of primary amides is 1. The van der Waals surface area contributed by atoms with Gasteiger partial charge in [-0.05, 0) is 38.3 Å². The number of aryl methyl sites for hydroxylation is 1. The van der Waals surface area contributed by atoms with Gasteiger partial charge in [0.25, 0.3) is 0 Å². The van der Waals surface area contributed by atoms with Crippen molar-refractivity contribution in [2.75, 3.05) is 19.6 Å². The fourth-order valence-corrected chi connectivity index (χ4v) is 4.19. The van der Waals surface area contributed by atoms with Gasteiger partial charge in [0.15, 0.2) is 5.69 Å². The maximum absolute atomic E-state index is 11.4. The van der Waals surface area contributed by atoms with Gasteiger partial charge >= 0.3 is 0 Å². The van der Waals surface area contributed by atoms with Crippen LogP contribution in [0.15, 0.2) is 18.2 Å². The fourth-order valence-electron chi connectivity index (χ4n) is 4.19. The number of carbonyl (C=O) groups excluding carboxylic acids is 1. The summed E-state index contributed by atoms with van der Waals surface area (Å²) in [5.74, 6) is -0.332. The molecular formula is C17H26N3O+. The van der Waals surface area contributed by atoms with Crippen LogP contribution in [0.2, 0.25) is 0 Å². The van der Waals surface area contributed by atoms with Crippen molar-refractivity contribution in [2.24, 2.45) is 5.73 Å². The van der Waals surface area contributed by atoms with Crippen molar-refractivity contribution >= 4 is 11.6 Å². The lowest BCUT2D eigenvalue weighted by atomic mass is 10.1. The van der Waals surface area contributed by atoms with E-state index in [-0.39, 0.29) is 5.91 Å². The van der Waals surface area contributed by atoms with Crippen molar-refractivity contribution in [3.63, 3.8) is 0 Å². The molecule has 0 radical (unpaired) electrons. The molecule has 2 fully saturated rings. The minimum Gasteiger partial charge on any atom is -0.366 e. The highest BCUT2D eigenvalue weighted by Crippen LogP contribution is 2.37. The lowest BCUT2D eigenvalue weighted by Gasteiger charge is -2.43. The van der Waals surface area contributed by atoms with Crippen molar-refractivity contribution < 1.29 is 4.79 Å². The number of carbonyl (C=O) groups is 1. The number of hydrogen-bond donors (Lipinski definition) is 1. The summed E-state index contributed by atoms with van der Waals surface area (Å²) in [5.41, 5.74) is 8.40. The maximum atomic E-state index is 11.4. The molecule has 1 atom stereocenters. The summed E-state index contributed by atoms with van der Waals surface area (Å²) in [4.78, 5) is 11.4. The van der Waals surface area contributed by atoms with Crippen LogP contribution >= 0.6 is 0 Å². The van der Waals surface area contributed by atoms with Gasteiger partial charge in [0.1, 0.15) is 13.1 Å². The Morgan fingerprint density at radius 1 is 1.29 bits per heavy atom. The topological polar surface area (TPSA) is 46.3 Å². The summed E-state index contributed by atoms with van der Waals surface area (Å²) in [5, 5.41) is 2.66. The average molecular weight is 288 g/mol. The molecule has 0 spiro atoms. The zero-order valence-electron chi connectivity index (χ0n) is 13.1. The van der Waals surface area contributed by atoms with Crippen LogP contribution in [-0.2, 0) is 0 Å². The van der Waals surface area contributed by atoms with Crippen molar-refractivity contribution in [3.05, 3.63) is 29.3 Å². The van der Waals surface area contributed by atoms with Gasteiger partial charge in [-0.1, -0.05) is 0 Å². The number of nitrogens with two attached hydrogens (primary N) is 1. The van der Waals surface area contributed by atoms with E-state index in [4.69, 9.17) is 5.73 Å². The minimum atomic E-state index is -0.332. The molecule has 1 aromatic rings. The molecule has 0 saturated carbocycles. The first-order valence-corrected chi connectivity index (χ1v) is 8.10. The Balaban J connectivity index is 2.02. The molecule has 0 unspecified atom stereocenters. The van der Waals surface area contributed by atoms with E-state index < -0.39 is 0 Å². The summed E-state index contributed by atoms with van der Waals surface area (Å²) < 4.78 is 0.973. The SMILES string of the molecule is Cc1cc([N+]2(N3CCC[C@@H]3C)CCCC2)ccc1C(N)=O. The number of quaternary nitrogens is 1. The quantitative estimate of drug-likeness (QED) is 0.869. The van der Waals surface area contributed by atoms with Gasteiger partial charge in [-0.2, -0.15) is 0 Å². The average Bonchev–Trinajstić information content (AvgIpc) is 3.07. The molecule has 2 aliphatic heterocycles. The number of rotatable bonds is 3. The highest BCUT2D eigenvalue weighted by Gasteiger charge is 2.45. The molecule has 2 heterocycles. The van der Waals surface area contributed by atoms with Crippen molar-refractivity contribution in [1.29, 1.82) is 0 Å². The van der Waals surface area contributed by atoms with Crippen molar-refractivity contribution in [1.82, 2.24) is 9.60 Å². The molecule has 0 aromatic heterocycles. The molecule has 2 saturated heterocycles. The predicted molar refractivity (Wildman–Crippen MR) is 85.9 cm³/mol. The molecule has 4 heteroatoms. The molecular weight excluding hydrogens is 262 g/mol. The van der Waals surface area contributed by atoms with Gasteiger partial charge in [0.2, 0.25) is 5.91 Å². The van der Waals surface area contributed by atoms with Gasteiger partial charge in [-0.25, -0.2) is 4.59 Å². The first kappa shape index (κ1) is 14.5. The molecule has 0 bridgehead atoms. The van der Waals surface area contributed by atoms with E-state index >= 15 is 0 Å². The normalized spacial score (nSPS) is 25.3. The van der Waals surface area contributed by atoms with E-state index in [0.29, 0.717) is 11.6 Å². The molecule has 2 aliphatic rings. The second-order valence-corrected chi connectivity index (χ2v) is 6.59. The second-order valence-electron chi connectivity index (χ2n) is 6.59. The Morgan fingerprint density at radius 3 is 2.52 bits per heavy atom. The van der Waals surface area contributed by atoms with Crippen LogP contribution < -0.4 is 10.3 Å². The Hall–Kier alpha value is -1.39. The molecule has 21 heavy (non-hydrogen) atoms. The number of nitrogens with zero attached hydrogens (tertiary/aromatic N) is 2. The zero-order chi connectivity index (χ0) is 15.0. The monoisotopic (exact) mass is 288 g/mol. The smallest absolute Gasteiger partial charge is 0.248 e. The van der Waals surface area contributed by atoms with Crippen LogP contribution in [0, 0.1) is 6.92 Å². The Kier molecular flexibility index (Phi) is 3.76. The first-order valence-electron chi connectivity index (χ1n) is 8.10. The summed E-state index contributed by atoms with van der Waals surface area (Å²) in [6.07, 6.45) is 5.14. The fraction of sp³-hybridized carbons (Fsp3) is 0.588. The van der Waals surface area contributed by atoms with E-state index in [9.17, 15) is 4.79 Å². The minimum absolute atomic E-state index is 0.332. The number of hydrogen-bond acceptors (Lipinski definition) is 2. The van der Waals surface area contributed by atoms with Gasteiger partial charge in [0.05, 0.1) is 6.04 Å². The Bertz CT molecular complexity index is 549. The van der Waals surface area contributed by atoms with Crippen LogP contribution in [0.5, 0.6) is 0 Å². The third-order valence-electron chi connectivity index (χ3n) is 5.27. The lowest BCUT2D eigenvalue weighted by Crippen LogP contribution is -2.61. The maximum Gasteiger partial charge on any atom is 0.248 e. The van der Waals surface area contributed by atoms with Gasteiger partial charge < -0.3 is 5.73 Å². The molecule has 1 amide bonds. The van der Waals surface area contributed by atoms with E-state index in [2.05, 4.69) is 24.1 Å². The van der Waals surface area contributed by atoms with Gasteiger partial charge in [0, 0.05) is 37.1 Å². The zero-order valence-corrected chi connectivity index (χ0v) is 13.1. The summed E-state index contributed by atoms with van der Waals surface area (Å²) in [6, 6.07) is 6.84. The van der Waals surface area contributed by atoms with Crippen molar-refractivity contribution in [2.45, 2.75) is 45.6 Å². The van der Waals surface area contributed by atoms with Crippen LogP contribution in [0.25, 0.3) is 0 Å². The summed E-state index contributed by atoms with van der Waals surface area (Å²) >= 11 is 0. The largest absolute Gasteiger partial charge is 0.366 e. The molecule has 0 aliphatic carbocycles. The number of benzene rings is 1. The Morgan fingerprint density at radius 2 is 2.00 bits per heavy atom. The summed E-state index contributed by atoms with van der Waals surface area (Å²) in [7, 11) is 0. The second kappa shape index (κ2) is 5.43. The van der Waals surface area contributed by atoms with Gasteiger partial charge in [-0.3, -0.25) is 4.79 Å². The molecule has 2 N–H and O–H groups in total. The van der Waals surface area contributed by atoms with E-state index in [1.165, 1.54) is 51.0 Å². The van der Waals surface area contributed by atoms with E-state index in [0.717, 1.165) is 10.2 Å². The van der Waals surface area contributed by atoms with Crippen LogP contribution in [0.1, 0.15) is 48.5 Å². The lowest BCUT2D eigenvalue weighted by molar-refractivity contribution is -0.00239. The third-order valence-corrected chi connectivity index (χ3v) is 5.27. The van der Waals surface area contributed by atoms with Gasteiger partial charge in [-0.15, -0.1) is 5.01 Å². The molecule has 4 nitrogen and oxygen atoms in total. The summed E-state index contributed by atoms with van der Waals surface area (Å²) in [6.45, 7) is 7.87.